The smallest absolute Gasteiger partial charge is 0.331 e. The number of nitrogens with zero attached hydrogens (tertiary/aromatic N) is 2. The number of hydrogen-bond acceptors (Lipinski definition) is 4. The first-order chi connectivity index (χ1) is 12.0. The Morgan fingerprint density at radius 1 is 1.36 bits per heavy atom. The number of ether oxygens (including phenoxy) is 1. The lowest BCUT2D eigenvalue weighted by Crippen LogP contribution is -2.33. The first-order valence-electron chi connectivity index (χ1n) is 8.10. The predicted molar refractivity (Wildman–Crippen MR) is 95.4 cm³/mol. The summed E-state index contributed by atoms with van der Waals surface area (Å²) in [6.07, 6.45) is 5.28. The fourth-order valence-corrected chi connectivity index (χ4v) is 2.47. The minimum Gasteiger partial charge on any atom is -0.452 e. The highest BCUT2D eigenvalue weighted by atomic mass is 16.5. The van der Waals surface area contributed by atoms with Crippen LogP contribution in [0.1, 0.15) is 25.8 Å². The molecule has 0 unspecified atom stereocenters. The van der Waals surface area contributed by atoms with E-state index in [1.165, 1.54) is 6.08 Å². The molecule has 0 aliphatic rings. The second-order valence-electron chi connectivity index (χ2n) is 5.87. The summed E-state index contributed by atoms with van der Waals surface area (Å²) in [5.41, 5.74) is 1.86. The third-order valence-electron chi connectivity index (χ3n) is 3.48. The summed E-state index contributed by atoms with van der Waals surface area (Å²) >= 11 is 0. The fourth-order valence-electron chi connectivity index (χ4n) is 2.47. The zero-order chi connectivity index (χ0) is 18.2. The summed E-state index contributed by atoms with van der Waals surface area (Å²) in [5, 5.41) is 12.4. The standard InChI is InChI=1S/C19H21N3O3/c1-14(2)21-18(23)13-25-19(24)9-8-15-12-22(11-5-10-20)17-7-4-3-6-16(15)17/h3-4,6-9,12,14H,5,11,13H2,1-2H3,(H,21,23)/b9-8+. The van der Waals surface area contributed by atoms with E-state index in [2.05, 4.69) is 11.4 Å². The normalized spacial score (nSPS) is 11.0. The van der Waals surface area contributed by atoms with Crippen molar-refractivity contribution in [1.29, 1.82) is 5.26 Å². The average Bonchev–Trinajstić information content (AvgIpc) is 2.94. The number of hydrogen-bond donors (Lipinski definition) is 1. The largest absolute Gasteiger partial charge is 0.452 e. The number of nitriles is 1. The van der Waals surface area contributed by atoms with E-state index in [1.807, 2.05) is 48.9 Å². The van der Waals surface area contributed by atoms with E-state index in [0.29, 0.717) is 13.0 Å². The Morgan fingerprint density at radius 2 is 2.12 bits per heavy atom. The van der Waals surface area contributed by atoms with Gasteiger partial charge in [0.05, 0.1) is 12.5 Å². The lowest BCUT2D eigenvalue weighted by molar-refractivity contribution is -0.143. The van der Waals surface area contributed by atoms with E-state index in [4.69, 9.17) is 10.00 Å². The van der Waals surface area contributed by atoms with E-state index in [-0.39, 0.29) is 18.6 Å². The first-order valence-corrected chi connectivity index (χ1v) is 8.10. The number of fused-ring (bicyclic) bond motifs is 1. The number of carbonyl (C=O) groups excluding carboxylic acids is 2. The number of amides is 1. The average molecular weight is 339 g/mol. The van der Waals surface area contributed by atoms with Crippen LogP contribution in [0.25, 0.3) is 17.0 Å². The maximum Gasteiger partial charge on any atom is 0.331 e. The number of aryl methyl sites for hydroxylation is 1. The molecule has 0 aliphatic heterocycles. The molecular weight excluding hydrogens is 318 g/mol. The highest BCUT2D eigenvalue weighted by Crippen LogP contribution is 2.22. The summed E-state index contributed by atoms with van der Waals surface area (Å²) in [6.45, 7) is 3.96. The summed E-state index contributed by atoms with van der Waals surface area (Å²) in [4.78, 5) is 23.3. The van der Waals surface area contributed by atoms with Gasteiger partial charge in [0.1, 0.15) is 0 Å². The SMILES string of the molecule is CC(C)NC(=O)COC(=O)/C=C/c1cn(CCC#N)c2ccccc12. The number of rotatable bonds is 7. The second-order valence-corrected chi connectivity index (χ2v) is 5.87. The number of carbonyl (C=O) groups is 2. The molecule has 0 aliphatic carbocycles. The maximum atomic E-state index is 11.8. The molecule has 0 saturated heterocycles. The molecule has 2 rings (SSSR count). The molecule has 1 aromatic heterocycles. The van der Waals surface area contributed by atoms with E-state index >= 15 is 0 Å². The van der Waals surface area contributed by atoms with Crippen LogP contribution in [-0.2, 0) is 20.9 Å². The van der Waals surface area contributed by atoms with Gasteiger partial charge in [0.25, 0.3) is 5.91 Å². The van der Waals surface area contributed by atoms with Gasteiger partial charge in [-0.1, -0.05) is 18.2 Å². The molecule has 0 bridgehead atoms. The van der Waals surface area contributed by atoms with E-state index in [9.17, 15) is 9.59 Å². The molecule has 0 saturated carbocycles. The van der Waals surface area contributed by atoms with Crippen molar-refractivity contribution < 1.29 is 14.3 Å². The number of nitrogens with one attached hydrogen (secondary N) is 1. The molecule has 1 amide bonds. The van der Waals surface area contributed by atoms with Crippen LogP contribution in [0.15, 0.2) is 36.5 Å². The topological polar surface area (TPSA) is 84.1 Å². The minimum absolute atomic E-state index is 0.00119. The van der Waals surface area contributed by atoms with Crippen LogP contribution in [0.3, 0.4) is 0 Å². The number of esters is 1. The van der Waals surface area contributed by atoms with Gasteiger partial charge in [-0.25, -0.2) is 4.79 Å². The molecule has 1 N–H and O–H groups in total. The Balaban J connectivity index is 2.06. The van der Waals surface area contributed by atoms with Crippen LogP contribution < -0.4 is 5.32 Å². The van der Waals surface area contributed by atoms with Gasteiger partial charge in [-0.15, -0.1) is 0 Å². The Labute approximate surface area is 146 Å². The van der Waals surface area contributed by atoms with Gasteiger partial charge < -0.3 is 14.6 Å². The molecule has 0 fully saturated rings. The zero-order valence-electron chi connectivity index (χ0n) is 14.4. The van der Waals surface area contributed by atoms with Crippen molar-refractivity contribution in [1.82, 2.24) is 9.88 Å². The van der Waals surface area contributed by atoms with Gasteiger partial charge in [0.15, 0.2) is 6.61 Å². The Kier molecular flexibility index (Phi) is 6.35. The van der Waals surface area contributed by atoms with Crippen molar-refractivity contribution in [2.75, 3.05) is 6.61 Å². The summed E-state index contributed by atoms with van der Waals surface area (Å²) < 4.78 is 6.91. The molecule has 130 valence electrons. The van der Waals surface area contributed by atoms with Gasteiger partial charge in [-0.05, 0) is 26.0 Å². The van der Waals surface area contributed by atoms with Crippen LogP contribution in [-0.4, -0.2) is 29.1 Å². The summed E-state index contributed by atoms with van der Waals surface area (Å²) in [6, 6.07) is 9.91. The van der Waals surface area contributed by atoms with Crippen molar-refractivity contribution in [2.45, 2.75) is 32.9 Å². The van der Waals surface area contributed by atoms with Gasteiger partial charge in [0, 0.05) is 41.3 Å². The van der Waals surface area contributed by atoms with Crippen molar-refractivity contribution >= 4 is 28.9 Å². The molecule has 6 heteroatoms. The Morgan fingerprint density at radius 3 is 2.84 bits per heavy atom. The third kappa shape index (κ3) is 5.21. The van der Waals surface area contributed by atoms with E-state index in [0.717, 1.165) is 16.5 Å². The van der Waals surface area contributed by atoms with Gasteiger partial charge in [0.2, 0.25) is 0 Å². The van der Waals surface area contributed by atoms with E-state index in [1.54, 1.807) is 6.08 Å². The lowest BCUT2D eigenvalue weighted by Gasteiger charge is -2.07. The molecule has 1 aromatic carbocycles. The van der Waals surface area contributed by atoms with Crippen LogP contribution in [0.5, 0.6) is 0 Å². The van der Waals surface area contributed by atoms with Gasteiger partial charge in [-0.2, -0.15) is 5.26 Å². The van der Waals surface area contributed by atoms with Crippen molar-refractivity contribution in [2.24, 2.45) is 0 Å². The highest BCUT2D eigenvalue weighted by Gasteiger charge is 2.08. The lowest BCUT2D eigenvalue weighted by atomic mass is 10.1. The number of aromatic nitrogens is 1. The third-order valence-corrected chi connectivity index (χ3v) is 3.48. The number of benzene rings is 1. The predicted octanol–water partition coefficient (Wildman–Crippen LogP) is 2.64. The van der Waals surface area contributed by atoms with Crippen molar-refractivity contribution in [3.05, 3.63) is 42.1 Å². The van der Waals surface area contributed by atoms with Crippen LogP contribution in [0, 0.1) is 11.3 Å². The molecule has 0 radical (unpaired) electrons. The maximum absolute atomic E-state index is 11.8. The second kappa shape index (κ2) is 8.69. The monoisotopic (exact) mass is 339 g/mol. The van der Waals surface area contributed by atoms with E-state index < -0.39 is 5.97 Å². The van der Waals surface area contributed by atoms with Gasteiger partial charge >= 0.3 is 5.97 Å². The summed E-state index contributed by atoms with van der Waals surface area (Å²) in [5.74, 6) is -0.905. The quantitative estimate of drug-likeness (QED) is 0.621. The first kappa shape index (κ1) is 18.3. The molecule has 0 spiro atoms. The fraction of sp³-hybridized carbons (Fsp3) is 0.316. The highest BCUT2D eigenvalue weighted by molar-refractivity contribution is 5.95. The number of para-hydroxylation sites is 1. The van der Waals surface area contributed by atoms with Crippen LogP contribution in [0.2, 0.25) is 0 Å². The molecule has 0 atom stereocenters. The van der Waals surface area contributed by atoms with Gasteiger partial charge in [-0.3, -0.25) is 4.79 Å². The van der Waals surface area contributed by atoms with Crippen molar-refractivity contribution in [3.8, 4) is 6.07 Å². The Hall–Kier alpha value is -3.07. The summed E-state index contributed by atoms with van der Waals surface area (Å²) in [7, 11) is 0. The Bertz CT molecular complexity index is 828. The van der Waals surface area contributed by atoms with Crippen LogP contribution in [0.4, 0.5) is 0 Å². The minimum atomic E-state index is -0.576. The molecule has 2 aromatic rings. The van der Waals surface area contributed by atoms with Crippen LogP contribution >= 0.6 is 0 Å². The molecule has 1 heterocycles. The zero-order valence-corrected chi connectivity index (χ0v) is 14.4. The molecule has 6 nitrogen and oxygen atoms in total. The molecule has 25 heavy (non-hydrogen) atoms. The van der Waals surface area contributed by atoms with Crippen molar-refractivity contribution in [3.63, 3.8) is 0 Å². The molecular formula is C19H21N3O3.